The van der Waals surface area contributed by atoms with Crippen LogP contribution in [-0.4, -0.2) is 45.8 Å². The lowest BCUT2D eigenvalue weighted by molar-refractivity contribution is -0.796. The third-order valence-corrected chi connectivity index (χ3v) is 2.85. The summed E-state index contributed by atoms with van der Waals surface area (Å²) in [5, 5.41) is 18.1. The molecule has 0 aromatic carbocycles. The zero-order valence-electron chi connectivity index (χ0n) is 11.5. The molecule has 0 heterocycles. The standard InChI is InChI=1S/C14H19NO5/c1-4-6-9-15(10-16,12(17)5-2)13(18)8-7-11(3)14(19)20/h5,7-8,16H,2-4,6,9-10H2,1H3/p+1. The van der Waals surface area contributed by atoms with Crippen LogP contribution in [0.4, 0.5) is 0 Å². The van der Waals surface area contributed by atoms with Crippen molar-refractivity contribution in [2.75, 3.05) is 13.3 Å². The highest BCUT2D eigenvalue weighted by atomic mass is 16.4. The van der Waals surface area contributed by atoms with Gasteiger partial charge < -0.3 is 10.2 Å². The normalized spacial score (nSPS) is 13.7. The predicted octanol–water partition coefficient (Wildman–Crippen LogP) is 0.989. The summed E-state index contributed by atoms with van der Waals surface area (Å²) >= 11 is 0. The number of aliphatic hydroxyl groups excluding tert-OH is 1. The Bertz CT molecular complexity index is 452. The molecule has 1 atom stereocenters. The van der Waals surface area contributed by atoms with Crippen LogP contribution in [0.5, 0.6) is 0 Å². The molecule has 0 bridgehead atoms. The van der Waals surface area contributed by atoms with Crippen LogP contribution in [0.1, 0.15) is 19.8 Å². The molecule has 0 aliphatic heterocycles. The summed E-state index contributed by atoms with van der Waals surface area (Å²) in [6.07, 6.45) is 4.23. The summed E-state index contributed by atoms with van der Waals surface area (Å²) in [6.45, 7) is 7.88. The molecule has 2 amide bonds. The van der Waals surface area contributed by atoms with Gasteiger partial charge in [-0.05, 0) is 12.5 Å². The highest BCUT2D eigenvalue weighted by Crippen LogP contribution is 2.13. The Balaban J connectivity index is 5.35. The van der Waals surface area contributed by atoms with E-state index in [0.717, 1.165) is 24.6 Å². The van der Waals surface area contributed by atoms with Crippen LogP contribution in [0.25, 0.3) is 0 Å². The molecular weight excluding hydrogens is 262 g/mol. The minimum Gasteiger partial charge on any atom is -0.478 e. The van der Waals surface area contributed by atoms with Crippen LogP contribution < -0.4 is 0 Å². The Kier molecular flexibility index (Phi) is 7.35. The molecule has 0 radical (unpaired) electrons. The number of rotatable bonds is 8. The number of hydrogen-bond donors (Lipinski definition) is 2. The molecule has 0 saturated heterocycles. The fourth-order valence-corrected chi connectivity index (χ4v) is 1.53. The molecule has 6 heteroatoms. The number of aliphatic carboxylic acids is 1. The van der Waals surface area contributed by atoms with Crippen molar-refractivity contribution in [3.8, 4) is 0 Å². The van der Waals surface area contributed by atoms with E-state index in [2.05, 4.69) is 13.2 Å². The number of imide groups is 1. The zero-order chi connectivity index (χ0) is 15.8. The van der Waals surface area contributed by atoms with Crippen molar-refractivity contribution in [1.29, 1.82) is 0 Å². The molecule has 0 aliphatic carbocycles. The van der Waals surface area contributed by atoms with E-state index in [9.17, 15) is 19.5 Å². The molecule has 0 saturated carbocycles. The first-order valence-corrected chi connectivity index (χ1v) is 6.15. The van der Waals surface area contributed by atoms with Gasteiger partial charge in [-0.1, -0.05) is 26.5 Å². The Labute approximate surface area is 117 Å². The SMILES string of the molecule is C=CC(=O)[N+](CO)(CCCC)C(=O)C=CC(=C)C(=O)O. The number of carboxylic acids is 1. The summed E-state index contributed by atoms with van der Waals surface area (Å²) in [6, 6.07) is 0. The van der Waals surface area contributed by atoms with Crippen molar-refractivity contribution >= 4 is 17.8 Å². The number of quaternary nitrogens is 1. The maximum absolute atomic E-state index is 12.2. The highest BCUT2D eigenvalue weighted by Gasteiger charge is 2.40. The first-order chi connectivity index (χ1) is 9.35. The van der Waals surface area contributed by atoms with E-state index in [-0.39, 0.29) is 12.1 Å². The van der Waals surface area contributed by atoms with E-state index in [0.29, 0.717) is 6.42 Å². The van der Waals surface area contributed by atoms with Gasteiger partial charge >= 0.3 is 17.8 Å². The molecular formula is C14H20NO5+. The average molecular weight is 282 g/mol. The zero-order valence-corrected chi connectivity index (χ0v) is 11.5. The summed E-state index contributed by atoms with van der Waals surface area (Å²) in [5.74, 6) is -2.59. The van der Waals surface area contributed by atoms with Crippen LogP contribution in [0.2, 0.25) is 0 Å². The minimum absolute atomic E-state index is 0.126. The molecule has 0 fully saturated rings. The van der Waals surface area contributed by atoms with Gasteiger partial charge in [-0.25, -0.2) is 14.4 Å². The van der Waals surface area contributed by atoms with Crippen molar-refractivity contribution in [2.45, 2.75) is 19.8 Å². The lowest BCUT2D eigenvalue weighted by Gasteiger charge is -2.28. The first kappa shape index (κ1) is 17.9. The quantitative estimate of drug-likeness (QED) is 0.300. The fraction of sp³-hybridized carbons (Fsp3) is 0.357. The average Bonchev–Trinajstić information content (AvgIpc) is 2.44. The van der Waals surface area contributed by atoms with Crippen LogP contribution in [-0.2, 0) is 14.4 Å². The lowest BCUT2D eigenvalue weighted by atomic mass is 10.2. The van der Waals surface area contributed by atoms with Crippen LogP contribution in [0, 0.1) is 0 Å². The first-order valence-electron chi connectivity index (χ1n) is 6.15. The topological polar surface area (TPSA) is 91.7 Å². The number of nitrogens with zero attached hydrogens (tertiary/aromatic N) is 1. The minimum atomic E-state index is -1.26. The van der Waals surface area contributed by atoms with E-state index < -0.39 is 29.0 Å². The summed E-state index contributed by atoms with van der Waals surface area (Å²) < 4.78 is -0.819. The van der Waals surface area contributed by atoms with Gasteiger partial charge in [-0.3, -0.25) is 0 Å². The van der Waals surface area contributed by atoms with Gasteiger partial charge in [-0.2, -0.15) is 4.48 Å². The Morgan fingerprint density at radius 3 is 2.20 bits per heavy atom. The van der Waals surface area contributed by atoms with Crippen molar-refractivity contribution in [3.63, 3.8) is 0 Å². The lowest BCUT2D eigenvalue weighted by Crippen LogP contribution is -2.57. The van der Waals surface area contributed by atoms with E-state index in [1.54, 1.807) is 0 Å². The van der Waals surface area contributed by atoms with Crippen LogP contribution in [0.3, 0.4) is 0 Å². The molecule has 6 nitrogen and oxygen atoms in total. The second-order valence-corrected chi connectivity index (χ2v) is 4.23. The highest BCUT2D eigenvalue weighted by molar-refractivity contribution is 5.97. The van der Waals surface area contributed by atoms with Gasteiger partial charge in [0.2, 0.25) is 0 Å². The summed E-state index contributed by atoms with van der Waals surface area (Å²) in [7, 11) is 0. The van der Waals surface area contributed by atoms with E-state index in [1.807, 2.05) is 6.92 Å². The number of carboxylic acid groups (broad SMARTS) is 1. The van der Waals surface area contributed by atoms with Gasteiger partial charge in [-0.15, -0.1) is 0 Å². The van der Waals surface area contributed by atoms with Crippen molar-refractivity contribution in [3.05, 3.63) is 37.0 Å². The molecule has 110 valence electrons. The van der Waals surface area contributed by atoms with Crippen molar-refractivity contribution < 1.29 is 29.1 Å². The van der Waals surface area contributed by atoms with E-state index in [4.69, 9.17) is 5.11 Å². The molecule has 0 aromatic rings. The van der Waals surface area contributed by atoms with Crippen molar-refractivity contribution in [1.82, 2.24) is 0 Å². The number of carbonyl (C=O) groups is 3. The largest absolute Gasteiger partial charge is 0.478 e. The predicted molar refractivity (Wildman–Crippen MR) is 73.2 cm³/mol. The van der Waals surface area contributed by atoms with Gasteiger partial charge in [0.05, 0.1) is 12.1 Å². The molecule has 20 heavy (non-hydrogen) atoms. The number of aliphatic hydroxyl groups is 1. The second-order valence-electron chi connectivity index (χ2n) is 4.23. The van der Waals surface area contributed by atoms with Crippen LogP contribution >= 0.6 is 0 Å². The molecule has 0 aliphatic rings. The summed E-state index contributed by atoms with van der Waals surface area (Å²) in [4.78, 5) is 34.6. The van der Waals surface area contributed by atoms with Gasteiger partial charge in [0, 0.05) is 12.2 Å². The third kappa shape index (κ3) is 4.25. The molecule has 0 rings (SSSR count). The van der Waals surface area contributed by atoms with E-state index >= 15 is 0 Å². The number of carbonyl (C=O) groups excluding carboxylic acids is 2. The molecule has 0 aromatic heterocycles. The molecule has 2 N–H and O–H groups in total. The summed E-state index contributed by atoms with van der Waals surface area (Å²) in [5.41, 5.74) is -0.282. The second kappa shape index (κ2) is 8.19. The molecule has 1 unspecified atom stereocenters. The number of hydrogen-bond acceptors (Lipinski definition) is 4. The number of amides is 2. The Morgan fingerprint density at radius 1 is 1.20 bits per heavy atom. The third-order valence-electron chi connectivity index (χ3n) is 2.85. The molecule has 0 spiro atoms. The van der Waals surface area contributed by atoms with Crippen molar-refractivity contribution in [2.24, 2.45) is 0 Å². The van der Waals surface area contributed by atoms with Crippen LogP contribution in [0.15, 0.2) is 37.0 Å². The Hall–Kier alpha value is -2.05. The number of unbranched alkanes of at least 4 members (excludes halogenated alkanes) is 1. The maximum Gasteiger partial charge on any atom is 0.348 e. The monoisotopic (exact) mass is 282 g/mol. The van der Waals surface area contributed by atoms with Gasteiger partial charge in [0.1, 0.15) is 0 Å². The smallest absolute Gasteiger partial charge is 0.348 e. The Morgan fingerprint density at radius 2 is 1.80 bits per heavy atom. The van der Waals surface area contributed by atoms with Gasteiger partial charge in [0.15, 0.2) is 6.73 Å². The fourth-order valence-electron chi connectivity index (χ4n) is 1.53. The maximum atomic E-state index is 12.2. The van der Waals surface area contributed by atoms with Gasteiger partial charge in [0.25, 0.3) is 0 Å². The van der Waals surface area contributed by atoms with E-state index in [1.165, 1.54) is 0 Å².